The summed E-state index contributed by atoms with van der Waals surface area (Å²) in [6.45, 7) is 10.7. The van der Waals surface area contributed by atoms with Gasteiger partial charge in [0, 0.05) is 44.4 Å². The fraction of sp³-hybridized carbons (Fsp3) is 0.773. The van der Waals surface area contributed by atoms with Crippen LogP contribution in [0, 0.1) is 0 Å². The molecule has 0 amide bonds. The largest absolute Gasteiger partial charge is 0.461 e. The Kier molecular flexibility index (Phi) is 11.0. The zero-order valence-electron chi connectivity index (χ0n) is 18.8. The summed E-state index contributed by atoms with van der Waals surface area (Å²) >= 11 is 0. The van der Waals surface area contributed by atoms with Gasteiger partial charge in [-0.25, -0.2) is 4.98 Å². The van der Waals surface area contributed by atoms with Gasteiger partial charge in [-0.2, -0.15) is 0 Å². The minimum atomic E-state index is -0.273. The molecular formula is C22H38N4O4. The molecule has 2 aliphatic heterocycles. The molecule has 170 valence electrons. The van der Waals surface area contributed by atoms with Gasteiger partial charge in [0.25, 0.3) is 0 Å². The van der Waals surface area contributed by atoms with Crippen molar-refractivity contribution < 1.29 is 19.1 Å². The maximum atomic E-state index is 11.6. The number of hydrogen-bond donors (Lipinski definition) is 0. The van der Waals surface area contributed by atoms with Crippen molar-refractivity contribution in [1.29, 1.82) is 0 Å². The third-order valence-corrected chi connectivity index (χ3v) is 5.74. The smallest absolute Gasteiger partial charge is 0.326 e. The van der Waals surface area contributed by atoms with Crippen molar-refractivity contribution in [3.05, 3.63) is 18.2 Å². The van der Waals surface area contributed by atoms with Crippen molar-refractivity contribution >= 4 is 12.3 Å². The fourth-order valence-corrected chi connectivity index (χ4v) is 3.69. The molecule has 0 spiro atoms. The van der Waals surface area contributed by atoms with Gasteiger partial charge < -0.3 is 23.7 Å². The fourth-order valence-electron chi connectivity index (χ4n) is 3.69. The number of likely N-dealkylation sites (tertiary alicyclic amines) is 1. The van der Waals surface area contributed by atoms with Gasteiger partial charge in [-0.3, -0.25) is 9.69 Å². The predicted molar refractivity (Wildman–Crippen MR) is 115 cm³/mol. The van der Waals surface area contributed by atoms with Crippen molar-refractivity contribution in [2.24, 2.45) is 0 Å². The van der Waals surface area contributed by atoms with Crippen LogP contribution in [0.25, 0.3) is 0 Å². The van der Waals surface area contributed by atoms with Crippen molar-refractivity contribution in [1.82, 2.24) is 19.4 Å². The maximum absolute atomic E-state index is 11.6. The summed E-state index contributed by atoms with van der Waals surface area (Å²) < 4.78 is 12.3. The van der Waals surface area contributed by atoms with Crippen molar-refractivity contribution in [2.75, 3.05) is 46.4 Å². The van der Waals surface area contributed by atoms with Crippen LogP contribution in [-0.4, -0.2) is 90.2 Å². The molecule has 8 nitrogen and oxygen atoms in total. The number of imidazole rings is 1. The SMILES string of the molecule is CCC(C)OC(=O)Cn1ccnc1CCC=O.CN1CCC(N2CCOCC2)CC1. The molecule has 0 radical (unpaired) electrons. The van der Waals surface area contributed by atoms with Gasteiger partial charge in [-0.15, -0.1) is 0 Å². The Hall–Kier alpha value is -1.77. The molecule has 0 bridgehead atoms. The summed E-state index contributed by atoms with van der Waals surface area (Å²) in [7, 11) is 2.22. The average Bonchev–Trinajstić information content (AvgIpc) is 3.20. The molecule has 1 atom stereocenters. The van der Waals surface area contributed by atoms with Gasteiger partial charge in [-0.05, 0) is 46.3 Å². The quantitative estimate of drug-likeness (QED) is 0.467. The summed E-state index contributed by atoms with van der Waals surface area (Å²) in [4.78, 5) is 31.0. The number of rotatable bonds is 8. The first-order chi connectivity index (χ1) is 14.5. The van der Waals surface area contributed by atoms with Gasteiger partial charge in [0.2, 0.25) is 0 Å². The molecule has 2 fully saturated rings. The normalized spacial score (nSPS) is 19.6. The first-order valence-electron chi connectivity index (χ1n) is 11.2. The lowest BCUT2D eigenvalue weighted by atomic mass is 10.0. The van der Waals surface area contributed by atoms with Crippen molar-refractivity contribution in [3.8, 4) is 0 Å². The number of hydrogen-bond acceptors (Lipinski definition) is 7. The molecule has 1 unspecified atom stereocenters. The molecule has 1 aromatic rings. The third kappa shape index (κ3) is 8.53. The first kappa shape index (κ1) is 24.5. The van der Waals surface area contributed by atoms with Crippen molar-refractivity contribution in [3.63, 3.8) is 0 Å². The van der Waals surface area contributed by atoms with E-state index in [-0.39, 0.29) is 18.6 Å². The lowest BCUT2D eigenvalue weighted by Gasteiger charge is -2.39. The molecular weight excluding hydrogens is 384 g/mol. The summed E-state index contributed by atoms with van der Waals surface area (Å²) in [5.74, 6) is 0.461. The molecule has 8 heteroatoms. The number of nitrogens with zero attached hydrogens (tertiary/aromatic N) is 4. The maximum Gasteiger partial charge on any atom is 0.326 e. The Morgan fingerprint density at radius 1 is 1.30 bits per heavy atom. The summed E-state index contributed by atoms with van der Waals surface area (Å²) in [6.07, 6.45) is 8.57. The Morgan fingerprint density at radius 2 is 2.00 bits per heavy atom. The predicted octanol–water partition coefficient (Wildman–Crippen LogP) is 1.77. The Morgan fingerprint density at radius 3 is 2.63 bits per heavy atom. The van der Waals surface area contributed by atoms with Crippen LogP contribution in [0.1, 0.15) is 45.4 Å². The molecule has 3 rings (SSSR count). The van der Waals surface area contributed by atoms with E-state index in [4.69, 9.17) is 9.47 Å². The Bertz CT molecular complexity index is 622. The first-order valence-corrected chi connectivity index (χ1v) is 11.2. The highest BCUT2D eigenvalue weighted by molar-refractivity contribution is 5.69. The topological polar surface area (TPSA) is 76.9 Å². The summed E-state index contributed by atoms with van der Waals surface area (Å²) in [5.41, 5.74) is 0. The minimum absolute atomic E-state index is 0.0653. The average molecular weight is 423 g/mol. The molecule has 1 aromatic heterocycles. The van der Waals surface area contributed by atoms with Crippen LogP contribution in [0.2, 0.25) is 0 Å². The second-order valence-electron chi connectivity index (χ2n) is 8.07. The van der Waals surface area contributed by atoms with E-state index in [1.165, 1.54) is 25.9 Å². The zero-order chi connectivity index (χ0) is 21.8. The third-order valence-electron chi connectivity index (χ3n) is 5.74. The van der Waals surface area contributed by atoms with Gasteiger partial charge in [0.15, 0.2) is 0 Å². The zero-order valence-corrected chi connectivity index (χ0v) is 18.8. The van der Waals surface area contributed by atoms with Gasteiger partial charge in [0.1, 0.15) is 18.7 Å². The van der Waals surface area contributed by atoms with E-state index in [1.807, 2.05) is 13.8 Å². The number of esters is 1. The molecule has 2 aliphatic rings. The lowest BCUT2D eigenvalue weighted by Crippen LogP contribution is -2.48. The second kappa shape index (κ2) is 13.5. The van der Waals surface area contributed by atoms with Gasteiger partial charge in [-0.1, -0.05) is 6.92 Å². The van der Waals surface area contributed by atoms with Crippen molar-refractivity contribution in [2.45, 2.75) is 64.6 Å². The standard InChI is InChI=1S/C12H18N2O3.C10H20N2O/c1-3-10(2)17-12(16)9-14-7-6-13-11(14)5-4-8-15;1-11-4-2-10(3-5-11)12-6-8-13-9-7-12/h6-8,10H,3-5,9H2,1-2H3;10H,2-9H2,1H3. The van der Waals surface area contributed by atoms with E-state index < -0.39 is 0 Å². The van der Waals surface area contributed by atoms with E-state index in [0.717, 1.165) is 50.9 Å². The second-order valence-corrected chi connectivity index (χ2v) is 8.07. The number of aromatic nitrogens is 2. The van der Waals surface area contributed by atoms with Crippen LogP contribution in [0.5, 0.6) is 0 Å². The molecule has 0 N–H and O–H groups in total. The minimum Gasteiger partial charge on any atom is -0.461 e. The molecule has 0 aromatic carbocycles. The van der Waals surface area contributed by atoms with E-state index in [1.54, 1.807) is 17.0 Å². The van der Waals surface area contributed by atoms with Crippen LogP contribution in [0.15, 0.2) is 12.4 Å². The Balaban J connectivity index is 0.000000220. The highest BCUT2D eigenvalue weighted by Gasteiger charge is 2.24. The number of carbonyl (C=O) groups excluding carboxylic acids is 2. The monoisotopic (exact) mass is 422 g/mol. The summed E-state index contributed by atoms with van der Waals surface area (Å²) in [5, 5.41) is 0. The van der Waals surface area contributed by atoms with Crippen LogP contribution in [0.3, 0.4) is 0 Å². The van der Waals surface area contributed by atoms with Gasteiger partial charge in [0.05, 0.1) is 19.3 Å². The highest BCUT2D eigenvalue weighted by atomic mass is 16.5. The number of piperidine rings is 1. The molecule has 0 aliphatic carbocycles. The van der Waals surface area contributed by atoms with Gasteiger partial charge >= 0.3 is 5.97 Å². The van der Waals surface area contributed by atoms with E-state index in [0.29, 0.717) is 12.8 Å². The number of carbonyl (C=O) groups is 2. The number of aryl methyl sites for hydroxylation is 1. The lowest BCUT2D eigenvalue weighted by molar-refractivity contribution is -0.149. The Labute approximate surface area is 180 Å². The van der Waals surface area contributed by atoms with Crippen LogP contribution >= 0.6 is 0 Å². The van der Waals surface area contributed by atoms with Crippen LogP contribution < -0.4 is 0 Å². The summed E-state index contributed by atoms with van der Waals surface area (Å²) in [6, 6.07) is 0.833. The molecule has 3 heterocycles. The number of morpholine rings is 1. The van der Waals surface area contributed by atoms with E-state index in [9.17, 15) is 9.59 Å². The number of ether oxygens (including phenoxy) is 2. The molecule has 30 heavy (non-hydrogen) atoms. The number of aldehydes is 1. The van der Waals surface area contributed by atoms with E-state index >= 15 is 0 Å². The van der Waals surface area contributed by atoms with E-state index in [2.05, 4.69) is 21.8 Å². The molecule has 0 saturated carbocycles. The highest BCUT2D eigenvalue weighted by Crippen LogP contribution is 2.16. The molecule has 2 saturated heterocycles. The van der Waals surface area contributed by atoms with Crippen LogP contribution in [-0.2, 0) is 32.0 Å². The van der Waals surface area contributed by atoms with Crippen LogP contribution in [0.4, 0.5) is 0 Å².